The second-order valence-electron chi connectivity index (χ2n) is 5.31. The third-order valence-corrected chi connectivity index (χ3v) is 5.47. The Balaban J connectivity index is 2.51. The highest BCUT2D eigenvalue weighted by Crippen LogP contribution is 2.22. The van der Waals surface area contributed by atoms with Gasteiger partial charge in [-0.05, 0) is 32.1 Å². The van der Waals surface area contributed by atoms with Crippen LogP contribution in [-0.2, 0) is 14.8 Å². The van der Waals surface area contributed by atoms with Crippen molar-refractivity contribution in [2.45, 2.75) is 71.4 Å². The predicted molar refractivity (Wildman–Crippen MR) is 78.5 cm³/mol. The van der Waals surface area contributed by atoms with E-state index in [1.165, 1.54) is 0 Å². The van der Waals surface area contributed by atoms with Gasteiger partial charge in [0, 0.05) is 13.2 Å². The molecule has 114 valence electrons. The summed E-state index contributed by atoms with van der Waals surface area (Å²) in [6.45, 7) is 5.46. The molecule has 1 heterocycles. The van der Waals surface area contributed by atoms with Crippen molar-refractivity contribution in [3.63, 3.8) is 0 Å². The van der Waals surface area contributed by atoms with Gasteiger partial charge in [-0.1, -0.05) is 33.1 Å². The molecule has 0 radical (unpaired) electrons. The van der Waals surface area contributed by atoms with Crippen LogP contribution in [0.3, 0.4) is 0 Å². The molecule has 0 aromatic heterocycles. The first-order valence-corrected chi connectivity index (χ1v) is 9.34. The molecule has 1 saturated heterocycles. The zero-order chi connectivity index (χ0) is 14.1. The van der Waals surface area contributed by atoms with Gasteiger partial charge in [0.2, 0.25) is 10.0 Å². The number of rotatable bonds is 9. The largest absolute Gasteiger partial charge is 0.362 e. The van der Waals surface area contributed by atoms with Crippen molar-refractivity contribution in [1.29, 1.82) is 0 Å². The van der Waals surface area contributed by atoms with Crippen LogP contribution >= 0.6 is 0 Å². The van der Waals surface area contributed by atoms with Gasteiger partial charge in [-0.3, -0.25) is 0 Å². The van der Waals surface area contributed by atoms with Gasteiger partial charge in [-0.15, -0.1) is 0 Å². The fourth-order valence-electron chi connectivity index (χ4n) is 2.44. The van der Waals surface area contributed by atoms with Crippen LogP contribution in [0, 0.1) is 0 Å². The van der Waals surface area contributed by atoms with Gasteiger partial charge in [0.05, 0.1) is 5.75 Å². The summed E-state index contributed by atoms with van der Waals surface area (Å²) < 4.78 is 32.1. The maximum Gasteiger partial charge on any atom is 0.216 e. The Hall–Kier alpha value is -0.130. The molecule has 0 aliphatic carbocycles. The molecule has 1 aliphatic heterocycles. The summed E-state index contributed by atoms with van der Waals surface area (Å²) in [4.78, 5) is 0. The van der Waals surface area contributed by atoms with Crippen LogP contribution in [0.4, 0.5) is 0 Å². The van der Waals surface area contributed by atoms with E-state index in [-0.39, 0.29) is 12.0 Å². The van der Waals surface area contributed by atoms with Crippen LogP contribution in [0.5, 0.6) is 0 Å². The van der Waals surface area contributed by atoms with Gasteiger partial charge in [-0.2, -0.15) is 4.31 Å². The Kier molecular flexibility index (Phi) is 7.95. The van der Waals surface area contributed by atoms with Crippen molar-refractivity contribution in [2.24, 2.45) is 0 Å². The number of ether oxygens (including phenoxy) is 1. The van der Waals surface area contributed by atoms with E-state index in [0.717, 1.165) is 51.4 Å². The maximum atomic E-state index is 12.4. The number of piperidine rings is 1. The SMILES string of the molecule is CCCCCCS(=O)(=O)N1CCCC[C@H]1OCCC. The zero-order valence-electron chi connectivity index (χ0n) is 12.4. The lowest BCUT2D eigenvalue weighted by Gasteiger charge is -2.34. The predicted octanol–water partition coefficient (Wildman–Crippen LogP) is 3.14. The van der Waals surface area contributed by atoms with Crippen molar-refractivity contribution in [3.05, 3.63) is 0 Å². The fourth-order valence-corrected chi connectivity index (χ4v) is 4.18. The van der Waals surface area contributed by atoms with Crippen molar-refractivity contribution < 1.29 is 13.2 Å². The molecular formula is C14H29NO3S. The van der Waals surface area contributed by atoms with Gasteiger partial charge in [0.15, 0.2) is 0 Å². The van der Waals surface area contributed by atoms with Crippen molar-refractivity contribution in [3.8, 4) is 0 Å². The topological polar surface area (TPSA) is 46.6 Å². The van der Waals surface area contributed by atoms with Gasteiger partial charge in [0.25, 0.3) is 0 Å². The van der Waals surface area contributed by atoms with E-state index >= 15 is 0 Å². The third kappa shape index (κ3) is 5.79. The summed E-state index contributed by atoms with van der Waals surface area (Å²) in [7, 11) is -3.14. The molecule has 1 atom stereocenters. The number of hydrogen-bond acceptors (Lipinski definition) is 3. The first-order valence-electron chi connectivity index (χ1n) is 7.73. The summed E-state index contributed by atoms with van der Waals surface area (Å²) in [5.41, 5.74) is 0. The zero-order valence-corrected chi connectivity index (χ0v) is 13.3. The van der Waals surface area contributed by atoms with Crippen molar-refractivity contribution in [1.82, 2.24) is 4.31 Å². The van der Waals surface area contributed by atoms with Crippen LogP contribution in [0.1, 0.15) is 65.2 Å². The summed E-state index contributed by atoms with van der Waals surface area (Å²) in [6.07, 6.45) is 7.60. The Morgan fingerprint density at radius 1 is 1.11 bits per heavy atom. The molecule has 1 fully saturated rings. The van der Waals surface area contributed by atoms with Gasteiger partial charge in [0.1, 0.15) is 6.23 Å². The summed E-state index contributed by atoms with van der Waals surface area (Å²) >= 11 is 0. The number of sulfonamides is 1. The molecule has 0 amide bonds. The second-order valence-corrected chi connectivity index (χ2v) is 7.35. The molecule has 4 nitrogen and oxygen atoms in total. The average Bonchev–Trinajstić information content (AvgIpc) is 2.41. The first-order chi connectivity index (χ1) is 9.11. The van der Waals surface area contributed by atoms with Gasteiger partial charge in [-0.25, -0.2) is 8.42 Å². The lowest BCUT2D eigenvalue weighted by molar-refractivity contribution is -0.0385. The Morgan fingerprint density at radius 3 is 2.58 bits per heavy atom. The minimum atomic E-state index is -3.14. The number of unbranched alkanes of at least 4 members (excludes halogenated alkanes) is 3. The monoisotopic (exact) mass is 291 g/mol. The van der Waals surface area contributed by atoms with Gasteiger partial charge < -0.3 is 4.74 Å². The van der Waals surface area contributed by atoms with Crippen LogP contribution in [-0.4, -0.2) is 37.9 Å². The number of nitrogens with zero attached hydrogens (tertiary/aromatic N) is 1. The van der Waals surface area contributed by atoms with Crippen LogP contribution in [0.15, 0.2) is 0 Å². The van der Waals surface area contributed by atoms with E-state index in [4.69, 9.17) is 4.74 Å². The van der Waals surface area contributed by atoms with E-state index < -0.39 is 10.0 Å². The molecule has 0 bridgehead atoms. The maximum absolute atomic E-state index is 12.4. The highest BCUT2D eigenvalue weighted by molar-refractivity contribution is 7.89. The molecule has 5 heteroatoms. The van der Waals surface area contributed by atoms with Crippen LogP contribution < -0.4 is 0 Å². The Labute approximate surface area is 118 Å². The van der Waals surface area contributed by atoms with E-state index in [2.05, 4.69) is 6.92 Å². The molecule has 0 aromatic rings. The van der Waals surface area contributed by atoms with E-state index in [1.807, 2.05) is 6.92 Å². The molecule has 0 unspecified atom stereocenters. The molecule has 1 rings (SSSR count). The summed E-state index contributed by atoms with van der Waals surface area (Å²) in [6, 6.07) is 0. The molecule has 0 N–H and O–H groups in total. The van der Waals surface area contributed by atoms with Crippen LogP contribution in [0.2, 0.25) is 0 Å². The van der Waals surface area contributed by atoms with Crippen molar-refractivity contribution >= 4 is 10.0 Å². The second kappa shape index (κ2) is 8.93. The molecule has 1 aliphatic rings. The van der Waals surface area contributed by atoms with E-state index in [1.54, 1.807) is 4.31 Å². The summed E-state index contributed by atoms with van der Waals surface area (Å²) in [5, 5.41) is 0. The quantitative estimate of drug-likeness (QED) is 0.613. The highest BCUT2D eigenvalue weighted by atomic mass is 32.2. The molecule has 19 heavy (non-hydrogen) atoms. The van der Waals surface area contributed by atoms with E-state index in [9.17, 15) is 8.42 Å². The number of hydrogen-bond donors (Lipinski definition) is 0. The van der Waals surface area contributed by atoms with E-state index in [0.29, 0.717) is 13.2 Å². The third-order valence-electron chi connectivity index (χ3n) is 3.53. The lowest BCUT2D eigenvalue weighted by atomic mass is 10.1. The first kappa shape index (κ1) is 16.9. The smallest absolute Gasteiger partial charge is 0.216 e. The highest BCUT2D eigenvalue weighted by Gasteiger charge is 2.32. The summed E-state index contributed by atoms with van der Waals surface area (Å²) in [5.74, 6) is 0.277. The normalized spacial score (nSPS) is 21.7. The molecular weight excluding hydrogens is 262 g/mol. The molecule has 0 saturated carbocycles. The molecule has 0 spiro atoms. The van der Waals surface area contributed by atoms with Gasteiger partial charge >= 0.3 is 0 Å². The lowest BCUT2D eigenvalue weighted by Crippen LogP contribution is -2.46. The minimum Gasteiger partial charge on any atom is -0.362 e. The minimum absolute atomic E-state index is 0.218. The average molecular weight is 291 g/mol. The molecule has 0 aromatic carbocycles. The Bertz CT molecular complexity index is 330. The fraction of sp³-hybridized carbons (Fsp3) is 1.00. The standard InChI is InChI=1S/C14H29NO3S/c1-3-5-6-9-13-19(16,17)15-11-8-7-10-14(15)18-12-4-2/h14H,3-13H2,1-2H3/t14-/m1/s1. The van der Waals surface area contributed by atoms with Crippen molar-refractivity contribution in [2.75, 3.05) is 18.9 Å². The van der Waals surface area contributed by atoms with Crippen LogP contribution in [0.25, 0.3) is 0 Å². The Morgan fingerprint density at radius 2 is 1.89 bits per heavy atom.